The Bertz CT molecular complexity index is 426. The van der Waals surface area contributed by atoms with Crippen molar-refractivity contribution in [3.8, 4) is 5.75 Å². The summed E-state index contributed by atoms with van der Waals surface area (Å²) in [5.41, 5.74) is 0.585. The van der Waals surface area contributed by atoms with E-state index in [0.29, 0.717) is 11.4 Å². The van der Waals surface area contributed by atoms with Gasteiger partial charge in [-0.2, -0.15) is 0 Å². The van der Waals surface area contributed by atoms with Gasteiger partial charge in [-0.05, 0) is 25.0 Å². The van der Waals surface area contributed by atoms with E-state index in [1.807, 2.05) is 0 Å². The molecule has 2 rings (SSSR count). The van der Waals surface area contributed by atoms with Crippen LogP contribution in [0.15, 0.2) is 18.3 Å². The molecule has 5 nitrogen and oxygen atoms in total. The molecule has 1 heterocycles. The summed E-state index contributed by atoms with van der Waals surface area (Å²) in [4.78, 5) is 15.9. The van der Waals surface area contributed by atoms with Crippen LogP contribution in [0.5, 0.6) is 5.75 Å². The molecule has 2 N–H and O–H groups in total. The van der Waals surface area contributed by atoms with E-state index in [9.17, 15) is 4.79 Å². The zero-order chi connectivity index (χ0) is 14.9. The van der Waals surface area contributed by atoms with E-state index in [4.69, 9.17) is 9.84 Å². The number of pyridine rings is 1. The molecule has 0 saturated heterocycles. The number of aliphatic hydroxyl groups is 1. The van der Waals surface area contributed by atoms with Gasteiger partial charge in [-0.15, -0.1) is 0 Å². The number of carbonyl (C=O) groups excluding carboxylic acids is 1. The van der Waals surface area contributed by atoms with Gasteiger partial charge in [0.25, 0.3) is 5.91 Å². The third kappa shape index (κ3) is 5.71. The molecule has 1 amide bonds. The van der Waals surface area contributed by atoms with E-state index in [2.05, 4.69) is 10.3 Å². The summed E-state index contributed by atoms with van der Waals surface area (Å²) in [5, 5.41) is 12.0. The number of aliphatic hydroxyl groups excluding tert-OH is 1. The molecule has 0 radical (unpaired) electrons. The minimum Gasteiger partial charge on any atom is -0.482 e. The van der Waals surface area contributed by atoms with Crippen molar-refractivity contribution in [3.63, 3.8) is 0 Å². The number of nitrogens with zero attached hydrogens (tertiary/aromatic N) is 1. The van der Waals surface area contributed by atoms with Crippen molar-refractivity contribution < 1.29 is 14.6 Å². The summed E-state index contributed by atoms with van der Waals surface area (Å²) in [5.74, 6) is 0.465. The first-order chi connectivity index (χ1) is 10.3. The maximum absolute atomic E-state index is 11.9. The van der Waals surface area contributed by atoms with E-state index in [-0.39, 0.29) is 25.2 Å². The lowest BCUT2D eigenvalue weighted by Crippen LogP contribution is -2.38. The Morgan fingerprint density at radius 1 is 1.24 bits per heavy atom. The maximum Gasteiger partial charge on any atom is 0.258 e. The van der Waals surface area contributed by atoms with Gasteiger partial charge in [-0.3, -0.25) is 9.78 Å². The average molecular weight is 292 g/mol. The smallest absolute Gasteiger partial charge is 0.258 e. The highest BCUT2D eigenvalue weighted by atomic mass is 16.5. The van der Waals surface area contributed by atoms with Gasteiger partial charge in [0.2, 0.25) is 0 Å². The zero-order valence-electron chi connectivity index (χ0n) is 12.4. The average Bonchev–Trinajstić information content (AvgIpc) is 2.48. The molecule has 5 heteroatoms. The van der Waals surface area contributed by atoms with E-state index >= 15 is 0 Å². The monoisotopic (exact) mass is 292 g/mol. The zero-order valence-corrected chi connectivity index (χ0v) is 12.4. The second-order valence-electron chi connectivity index (χ2n) is 5.54. The molecule has 1 aliphatic rings. The SMILES string of the molecule is O=C(COc1ccc(CO)nc1)NC1CCCCCCC1. The molecule has 1 saturated carbocycles. The van der Waals surface area contributed by atoms with Gasteiger partial charge >= 0.3 is 0 Å². The van der Waals surface area contributed by atoms with Gasteiger partial charge in [0.05, 0.1) is 18.5 Å². The number of hydrogen-bond donors (Lipinski definition) is 2. The van der Waals surface area contributed by atoms with Crippen LogP contribution in [0.25, 0.3) is 0 Å². The fourth-order valence-corrected chi connectivity index (χ4v) is 2.61. The first-order valence-electron chi connectivity index (χ1n) is 7.76. The van der Waals surface area contributed by atoms with Gasteiger partial charge in [-0.25, -0.2) is 0 Å². The minimum absolute atomic E-state index is 0.0106. The van der Waals surface area contributed by atoms with E-state index < -0.39 is 0 Å². The molecule has 116 valence electrons. The number of amides is 1. The minimum atomic E-state index is -0.0948. The maximum atomic E-state index is 11.9. The second-order valence-corrected chi connectivity index (χ2v) is 5.54. The highest BCUT2D eigenvalue weighted by Gasteiger charge is 2.14. The van der Waals surface area contributed by atoms with Crippen molar-refractivity contribution in [1.29, 1.82) is 0 Å². The van der Waals surface area contributed by atoms with Crippen molar-refractivity contribution in [3.05, 3.63) is 24.0 Å². The molecule has 0 spiro atoms. The van der Waals surface area contributed by atoms with Crippen molar-refractivity contribution in [1.82, 2.24) is 10.3 Å². The second kappa shape index (κ2) is 8.62. The molecule has 0 aliphatic heterocycles. The van der Waals surface area contributed by atoms with E-state index in [0.717, 1.165) is 12.8 Å². The topological polar surface area (TPSA) is 71.5 Å². The van der Waals surface area contributed by atoms with Crippen molar-refractivity contribution in [2.75, 3.05) is 6.61 Å². The lowest BCUT2D eigenvalue weighted by Gasteiger charge is -2.21. The number of rotatable bonds is 5. The predicted octanol–water partition coefficient (Wildman–Crippen LogP) is 2.18. The number of ether oxygens (including phenoxy) is 1. The molecule has 1 aliphatic carbocycles. The summed E-state index contributed by atoms with van der Waals surface area (Å²) < 4.78 is 5.41. The normalized spacial score (nSPS) is 16.8. The number of hydrogen-bond acceptors (Lipinski definition) is 4. The summed E-state index contributed by atoms with van der Waals surface area (Å²) >= 11 is 0. The largest absolute Gasteiger partial charge is 0.482 e. The van der Waals surface area contributed by atoms with Gasteiger partial charge in [-0.1, -0.05) is 32.1 Å². The Hall–Kier alpha value is -1.62. The lowest BCUT2D eigenvalue weighted by atomic mass is 9.97. The highest BCUT2D eigenvalue weighted by Crippen LogP contribution is 2.17. The number of carbonyl (C=O) groups is 1. The first kappa shape index (κ1) is 15.8. The van der Waals surface area contributed by atoms with Crippen LogP contribution in [-0.4, -0.2) is 28.6 Å². The van der Waals surface area contributed by atoms with Crippen LogP contribution in [-0.2, 0) is 11.4 Å². The number of nitrogens with one attached hydrogen (secondary N) is 1. The summed E-state index contributed by atoms with van der Waals surface area (Å²) in [6, 6.07) is 3.68. The summed E-state index contributed by atoms with van der Waals surface area (Å²) in [6.07, 6.45) is 9.90. The molecular weight excluding hydrogens is 268 g/mol. The van der Waals surface area contributed by atoms with Crippen LogP contribution >= 0.6 is 0 Å². The molecule has 21 heavy (non-hydrogen) atoms. The van der Waals surface area contributed by atoms with Crippen molar-refractivity contribution in [2.24, 2.45) is 0 Å². The molecule has 0 unspecified atom stereocenters. The van der Waals surface area contributed by atoms with E-state index in [1.54, 1.807) is 12.1 Å². The quantitative estimate of drug-likeness (QED) is 0.872. The lowest BCUT2D eigenvalue weighted by molar-refractivity contribution is -0.123. The molecule has 0 bridgehead atoms. The summed E-state index contributed by atoms with van der Waals surface area (Å²) in [6.45, 7) is -0.0842. The number of aromatic nitrogens is 1. The molecule has 0 atom stereocenters. The van der Waals surface area contributed by atoms with E-state index in [1.165, 1.54) is 38.3 Å². The molecule has 1 aromatic heterocycles. The van der Waals surface area contributed by atoms with Crippen LogP contribution in [0.4, 0.5) is 0 Å². The third-order valence-corrected chi connectivity index (χ3v) is 3.80. The predicted molar refractivity (Wildman–Crippen MR) is 79.9 cm³/mol. The molecular formula is C16H24N2O3. The van der Waals surface area contributed by atoms with Gasteiger partial charge in [0.1, 0.15) is 5.75 Å². The standard InChI is InChI=1S/C16H24N2O3/c19-11-14-8-9-15(10-17-14)21-12-16(20)18-13-6-4-2-1-3-5-7-13/h8-10,13,19H,1-7,11-12H2,(H,18,20). The van der Waals surface area contributed by atoms with Gasteiger partial charge in [0.15, 0.2) is 6.61 Å². The van der Waals surface area contributed by atoms with Crippen LogP contribution in [0.3, 0.4) is 0 Å². The van der Waals surface area contributed by atoms with Crippen LogP contribution in [0, 0.1) is 0 Å². The third-order valence-electron chi connectivity index (χ3n) is 3.80. The van der Waals surface area contributed by atoms with Crippen molar-refractivity contribution in [2.45, 2.75) is 57.6 Å². The highest BCUT2D eigenvalue weighted by molar-refractivity contribution is 5.77. The fourth-order valence-electron chi connectivity index (χ4n) is 2.61. The van der Waals surface area contributed by atoms with Crippen LogP contribution in [0.1, 0.15) is 50.6 Å². The first-order valence-corrected chi connectivity index (χ1v) is 7.76. The Morgan fingerprint density at radius 3 is 2.57 bits per heavy atom. The Kier molecular flexibility index (Phi) is 6.47. The van der Waals surface area contributed by atoms with Crippen LogP contribution < -0.4 is 10.1 Å². The molecule has 1 aromatic rings. The Labute approximate surface area is 125 Å². The summed E-state index contributed by atoms with van der Waals surface area (Å²) in [7, 11) is 0. The molecule has 1 fully saturated rings. The Morgan fingerprint density at radius 2 is 1.95 bits per heavy atom. The van der Waals surface area contributed by atoms with Gasteiger partial charge in [0, 0.05) is 6.04 Å². The van der Waals surface area contributed by atoms with Gasteiger partial charge < -0.3 is 15.2 Å². The molecule has 0 aromatic carbocycles. The van der Waals surface area contributed by atoms with Crippen LogP contribution in [0.2, 0.25) is 0 Å². The fraction of sp³-hybridized carbons (Fsp3) is 0.625. The Balaban J connectivity index is 1.72. The van der Waals surface area contributed by atoms with Crippen molar-refractivity contribution >= 4 is 5.91 Å².